The van der Waals surface area contributed by atoms with Crippen molar-refractivity contribution in [2.45, 2.75) is 26.4 Å². The van der Waals surface area contributed by atoms with Crippen LogP contribution >= 0.6 is 0 Å². The smallest absolute Gasteiger partial charge is 0.251 e. The van der Waals surface area contributed by atoms with Gasteiger partial charge in [-0.15, -0.1) is 6.42 Å². The number of hydrogen-bond donors (Lipinski definition) is 2. The Bertz CT molecular complexity index is 429. The van der Waals surface area contributed by atoms with E-state index in [1.807, 2.05) is 24.3 Å². The minimum atomic E-state index is -0.0711. The molecule has 0 heterocycles. The summed E-state index contributed by atoms with van der Waals surface area (Å²) < 4.78 is 0. The van der Waals surface area contributed by atoms with Crippen LogP contribution in [0, 0.1) is 18.3 Å². The number of hydrogen-bond acceptors (Lipinski definition) is 2. The maximum Gasteiger partial charge on any atom is 0.251 e. The molecule has 0 saturated heterocycles. The van der Waals surface area contributed by atoms with Crippen LogP contribution in [0.4, 0.5) is 0 Å². The van der Waals surface area contributed by atoms with Gasteiger partial charge >= 0.3 is 0 Å². The normalized spacial score (nSPS) is 11.9. The SMILES string of the molecule is C#CC(NCc1ccc(C(=O)NC)cc1)C(C)C. The minimum Gasteiger partial charge on any atom is -0.355 e. The highest BCUT2D eigenvalue weighted by molar-refractivity contribution is 5.93. The topological polar surface area (TPSA) is 41.1 Å². The molecule has 0 fully saturated rings. The van der Waals surface area contributed by atoms with Crippen LogP contribution in [0.5, 0.6) is 0 Å². The molecule has 1 rings (SSSR count). The Morgan fingerprint density at radius 1 is 1.33 bits per heavy atom. The van der Waals surface area contributed by atoms with Crippen LogP contribution < -0.4 is 10.6 Å². The fourth-order valence-corrected chi connectivity index (χ4v) is 1.63. The third-order valence-electron chi connectivity index (χ3n) is 2.82. The maximum atomic E-state index is 11.4. The van der Waals surface area contributed by atoms with Crippen molar-refractivity contribution in [1.82, 2.24) is 10.6 Å². The number of benzene rings is 1. The molecule has 0 spiro atoms. The molecule has 1 aromatic carbocycles. The number of carbonyl (C=O) groups is 1. The maximum absolute atomic E-state index is 11.4. The fraction of sp³-hybridized carbons (Fsp3) is 0.400. The molecule has 3 nitrogen and oxygen atoms in total. The van der Waals surface area contributed by atoms with Crippen LogP contribution in [-0.2, 0) is 6.54 Å². The molecule has 18 heavy (non-hydrogen) atoms. The summed E-state index contributed by atoms with van der Waals surface area (Å²) in [4.78, 5) is 11.4. The largest absolute Gasteiger partial charge is 0.355 e. The quantitative estimate of drug-likeness (QED) is 0.775. The van der Waals surface area contributed by atoms with Crippen molar-refractivity contribution in [1.29, 1.82) is 0 Å². The zero-order valence-electron chi connectivity index (χ0n) is 11.2. The highest BCUT2D eigenvalue weighted by Gasteiger charge is 2.09. The Morgan fingerprint density at radius 3 is 2.39 bits per heavy atom. The second-order valence-electron chi connectivity index (χ2n) is 4.55. The lowest BCUT2D eigenvalue weighted by Gasteiger charge is -2.16. The Balaban J connectivity index is 2.59. The van der Waals surface area contributed by atoms with Gasteiger partial charge in [-0.25, -0.2) is 0 Å². The summed E-state index contributed by atoms with van der Waals surface area (Å²) in [6, 6.07) is 7.58. The van der Waals surface area contributed by atoms with E-state index in [2.05, 4.69) is 30.4 Å². The van der Waals surface area contributed by atoms with E-state index < -0.39 is 0 Å². The molecule has 96 valence electrons. The van der Waals surface area contributed by atoms with Crippen molar-refractivity contribution in [2.24, 2.45) is 5.92 Å². The molecule has 0 aliphatic heterocycles. The molecule has 3 heteroatoms. The van der Waals surface area contributed by atoms with Gasteiger partial charge in [-0.3, -0.25) is 10.1 Å². The van der Waals surface area contributed by atoms with E-state index in [0.29, 0.717) is 18.0 Å². The van der Waals surface area contributed by atoms with Gasteiger partial charge in [-0.1, -0.05) is 31.9 Å². The Morgan fingerprint density at radius 2 is 1.94 bits per heavy atom. The second-order valence-corrected chi connectivity index (χ2v) is 4.55. The Labute approximate surface area is 109 Å². The zero-order valence-corrected chi connectivity index (χ0v) is 11.2. The van der Waals surface area contributed by atoms with Crippen molar-refractivity contribution in [3.05, 3.63) is 35.4 Å². The summed E-state index contributed by atoms with van der Waals surface area (Å²) in [6.07, 6.45) is 5.45. The van der Waals surface area contributed by atoms with Gasteiger partial charge in [0.1, 0.15) is 0 Å². The number of carbonyl (C=O) groups excluding carboxylic acids is 1. The predicted molar refractivity (Wildman–Crippen MR) is 74.1 cm³/mol. The summed E-state index contributed by atoms with van der Waals surface area (Å²) in [5, 5.41) is 5.91. The van der Waals surface area contributed by atoms with Crippen LogP contribution in [0.1, 0.15) is 29.8 Å². The average Bonchev–Trinajstić information content (AvgIpc) is 2.39. The number of terminal acetylenes is 1. The zero-order chi connectivity index (χ0) is 13.5. The highest BCUT2D eigenvalue weighted by atomic mass is 16.1. The van der Waals surface area contributed by atoms with E-state index in [1.54, 1.807) is 7.05 Å². The Hall–Kier alpha value is -1.79. The van der Waals surface area contributed by atoms with Gasteiger partial charge in [0, 0.05) is 19.2 Å². The van der Waals surface area contributed by atoms with Crippen LogP contribution in [-0.4, -0.2) is 19.0 Å². The van der Waals surface area contributed by atoms with E-state index >= 15 is 0 Å². The van der Waals surface area contributed by atoms with Gasteiger partial charge < -0.3 is 5.32 Å². The van der Waals surface area contributed by atoms with Gasteiger partial charge in [0.05, 0.1) is 6.04 Å². The molecule has 0 aliphatic rings. The standard InChI is InChI=1S/C15H20N2O/c1-5-14(11(2)3)17-10-12-6-8-13(9-7-12)15(18)16-4/h1,6-9,11,14,17H,10H2,2-4H3,(H,16,18). The first-order valence-electron chi connectivity index (χ1n) is 6.09. The van der Waals surface area contributed by atoms with Crippen LogP contribution in [0.15, 0.2) is 24.3 Å². The minimum absolute atomic E-state index is 0.0711. The van der Waals surface area contributed by atoms with Crippen LogP contribution in [0.3, 0.4) is 0 Å². The first-order valence-corrected chi connectivity index (χ1v) is 6.09. The van der Waals surface area contributed by atoms with Crippen molar-refractivity contribution in [3.8, 4) is 12.3 Å². The summed E-state index contributed by atoms with van der Waals surface area (Å²) >= 11 is 0. The second kappa shape index (κ2) is 6.83. The van der Waals surface area contributed by atoms with E-state index in [-0.39, 0.29) is 11.9 Å². The molecule has 1 atom stereocenters. The lowest BCUT2D eigenvalue weighted by molar-refractivity contribution is 0.0963. The van der Waals surface area contributed by atoms with Gasteiger partial charge in [0.15, 0.2) is 0 Å². The lowest BCUT2D eigenvalue weighted by Crippen LogP contribution is -2.31. The molecule has 0 aliphatic carbocycles. The first kappa shape index (κ1) is 14.3. The highest BCUT2D eigenvalue weighted by Crippen LogP contribution is 2.06. The number of nitrogens with one attached hydrogen (secondary N) is 2. The van der Waals surface area contributed by atoms with Crippen LogP contribution in [0.25, 0.3) is 0 Å². The molecular formula is C15H20N2O. The third kappa shape index (κ3) is 3.90. The van der Waals surface area contributed by atoms with Gasteiger partial charge in [-0.2, -0.15) is 0 Å². The molecule has 1 amide bonds. The van der Waals surface area contributed by atoms with E-state index in [0.717, 1.165) is 5.56 Å². The molecule has 0 bridgehead atoms. The van der Waals surface area contributed by atoms with Gasteiger partial charge in [-0.05, 0) is 23.6 Å². The van der Waals surface area contributed by atoms with Crippen molar-refractivity contribution in [2.75, 3.05) is 7.05 Å². The molecule has 1 unspecified atom stereocenters. The summed E-state index contributed by atoms with van der Waals surface area (Å²) in [6.45, 7) is 4.89. The van der Waals surface area contributed by atoms with E-state index in [9.17, 15) is 4.79 Å². The Kier molecular flexibility index (Phi) is 5.41. The molecular weight excluding hydrogens is 224 g/mol. The van der Waals surface area contributed by atoms with Crippen molar-refractivity contribution >= 4 is 5.91 Å². The van der Waals surface area contributed by atoms with Gasteiger partial charge in [0.2, 0.25) is 0 Å². The molecule has 1 aromatic rings. The molecule has 0 radical (unpaired) electrons. The van der Waals surface area contributed by atoms with Crippen molar-refractivity contribution < 1.29 is 4.79 Å². The number of amides is 1. The monoisotopic (exact) mass is 244 g/mol. The summed E-state index contributed by atoms with van der Waals surface area (Å²) in [5.41, 5.74) is 1.78. The van der Waals surface area contributed by atoms with Gasteiger partial charge in [0.25, 0.3) is 5.91 Å². The summed E-state index contributed by atoms with van der Waals surface area (Å²) in [5.74, 6) is 3.07. The first-order chi connectivity index (χ1) is 8.58. The summed E-state index contributed by atoms with van der Waals surface area (Å²) in [7, 11) is 1.62. The van der Waals surface area contributed by atoms with E-state index in [1.165, 1.54) is 0 Å². The molecule has 0 aromatic heterocycles. The fourth-order valence-electron chi connectivity index (χ4n) is 1.63. The predicted octanol–water partition coefficient (Wildman–Crippen LogP) is 1.79. The van der Waals surface area contributed by atoms with Crippen LogP contribution in [0.2, 0.25) is 0 Å². The van der Waals surface area contributed by atoms with E-state index in [4.69, 9.17) is 6.42 Å². The molecule has 0 saturated carbocycles. The third-order valence-corrected chi connectivity index (χ3v) is 2.82. The number of rotatable bonds is 5. The molecule has 2 N–H and O–H groups in total. The van der Waals surface area contributed by atoms with Crippen molar-refractivity contribution in [3.63, 3.8) is 0 Å². The average molecular weight is 244 g/mol. The lowest BCUT2D eigenvalue weighted by atomic mass is 10.0.